The van der Waals surface area contributed by atoms with Crippen LogP contribution in [0, 0.1) is 24.0 Å². The van der Waals surface area contributed by atoms with Crippen LogP contribution in [0.4, 0.5) is 11.5 Å². The summed E-state index contributed by atoms with van der Waals surface area (Å²) in [5.74, 6) is 0.296. The molecule has 1 aromatic carbocycles. The second-order valence-electron chi connectivity index (χ2n) is 3.82. The van der Waals surface area contributed by atoms with Crippen LogP contribution in [0.15, 0.2) is 16.6 Å². The van der Waals surface area contributed by atoms with Gasteiger partial charge in [-0.05, 0) is 35.8 Å². The number of aromatic nitrogens is 3. The molecular weight excluding hydrogens is 302 g/mol. The highest BCUT2D eigenvalue weighted by Crippen LogP contribution is 2.30. The molecule has 94 valence electrons. The molecule has 2 rings (SSSR count). The van der Waals surface area contributed by atoms with Gasteiger partial charge < -0.3 is 5.73 Å². The highest BCUT2D eigenvalue weighted by Gasteiger charge is 2.17. The molecule has 1 aromatic heterocycles. The van der Waals surface area contributed by atoms with Crippen LogP contribution in [0.5, 0.6) is 0 Å². The first-order chi connectivity index (χ1) is 8.41. The van der Waals surface area contributed by atoms with Crippen molar-refractivity contribution in [2.75, 3.05) is 5.73 Å². The number of hydrogen-bond donors (Lipinski definition) is 1. The van der Waals surface area contributed by atoms with Crippen LogP contribution in [-0.2, 0) is 0 Å². The smallest absolute Gasteiger partial charge is 0.274 e. The lowest BCUT2D eigenvalue weighted by atomic mass is 10.2. The zero-order chi connectivity index (χ0) is 13.4. The molecule has 0 spiro atoms. The average Bonchev–Trinajstić information content (AvgIpc) is 2.60. The second kappa shape index (κ2) is 4.37. The number of nitro groups is 1. The number of nitrogens with zero attached hydrogens (tertiary/aromatic N) is 4. The fourth-order valence-corrected chi connectivity index (χ4v) is 2.20. The molecule has 0 radical (unpaired) electrons. The second-order valence-corrected chi connectivity index (χ2v) is 4.67. The topological polar surface area (TPSA) is 99.9 Å². The molecule has 2 aromatic rings. The molecular formula is C10H10BrN5O2. The van der Waals surface area contributed by atoms with E-state index in [-0.39, 0.29) is 5.69 Å². The van der Waals surface area contributed by atoms with Crippen LogP contribution in [0.25, 0.3) is 5.69 Å². The maximum Gasteiger partial charge on any atom is 0.274 e. The average molecular weight is 312 g/mol. The van der Waals surface area contributed by atoms with E-state index in [4.69, 9.17) is 5.73 Å². The number of halogens is 1. The van der Waals surface area contributed by atoms with E-state index in [9.17, 15) is 10.1 Å². The Morgan fingerprint density at radius 1 is 1.44 bits per heavy atom. The van der Waals surface area contributed by atoms with Crippen molar-refractivity contribution in [3.05, 3.63) is 38.0 Å². The third-order valence-electron chi connectivity index (χ3n) is 2.62. The van der Waals surface area contributed by atoms with Gasteiger partial charge in [0.05, 0.1) is 16.3 Å². The molecule has 0 fully saturated rings. The summed E-state index contributed by atoms with van der Waals surface area (Å²) in [6.07, 6.45) is 0. The van der Waals surface area contributed by atoms with E-state index in [0.29, 0.717) is 27.2 Å². The summed E-state index contributed by atoms with van der Waals surface area (Å²) in [5, 5.41) is 18.5. The first-order valence-corrected chi connectivity index (χ1v) is 5.83. The zero-order valence-corrected chi connectivity index (χ0v) is 11.3. The van der Waals surface area contributed by atoms with E-state index >= 15 is 0 Å². The molecule has 0 saturated heterocycles. The number of nitrogens with two attached hydrogens (primary N) is 1. The van der Waals surface area contributed by atoms with Crippen LogP contribution < -0.4 is 5.73 Å². The van der Waals surface area contributed by atoms with Gasteiger partial charge in [0.25, 0.3) is 5.69 Å². The van der Waals surface area contributed by atoms with Gasteiger partial charge in [0.15, 0.2) is 5.82 Å². The molecule has 7 nitrogen and oxygen atoms in total. The van der Waals surface area contributed by atoms with E-state index in [1.807, 2.05) is 0 Å². The summed E-state index contributed by atoms with van der Waals surface area (Å²) < 4.78 is 2.16. The Kier molecular flexibility index (Phi) is 3.04. The molecule has 18 heavy (non-hydrogen) atoms. The standard InChI is InChI=1S/C10H10BrN5O2/c1-5-3-7(11)9(4-8(5)16(17)18)15-6(2)10(12)13-14-15/h3-4H,12H2,1-2H3. The Morgan fingerprint density at radius 2 is 2.11 bits per heavy atom. The zero-order valence-electron chi connectivity index (χ0n) is 9.72. The van der Waals surface area contributed by atoms with Crippen LogP contribution in [0.3, 0.4) is 0 Å². The molecule has 0 atom stereocenters. The lowest BCUT2D eigenvalue weighted by molar-refractivity contribution is -0.385. The molecule has 1 heterocycles. The molecule has 2 N–H and O–H groups in total. The third kappa shape index (κ3) is 1.94. The first kappa shape index (κ1) is 12.5. The summed E-state index contributed by atoms with van der Waals surface area (Å²) in [7, 11) is 0. The highest BCUT2D eigenvalue weighted by atomic mass is 79.9. The SMILES string of the molecule is Cc1cc(Br)c(-n2nnc(N)c2C)cc1[N+](=O)[O-]. The summed E-state index contributed by atoms with van der Waals surface area (Å²) >= 11 is 3.36. The van der Waals surface area contributed by atoms with E-state index in [1.54, 1.807) is 19.9 Å². The molecule has 0 aliphatic heterocycles. The molecule has 0 amide bonds. The molecule has 0 unspecified atom stereocenters. The fraction of sp³-hybridized carbons (Fsp3) is 0.200. The largest absolute Gasteiger partial charge is 0.381 e. The number of nitro benzene ring substituents is 1. The van der Waals surface area contributed by atoms with Gasteiger partial charge >= 0.3 is 0 Å². The van der Waals surface area contributed by atoms with E-state index < -0.39 is 4.92 Å². The van der Waals surface area contributed by atoms with Gasteiger partial charge in [-0.2, -0.15) is 0 Å². The normalized spacial score (nSPS) is 10.6. The van der Waals surface area contributed by atoms with Gasteiger partial charge in [-0.1, -0.05) is 5.21 Å². The van der Waals surface area contributed by atoms with Crippen LogP contribution in [0.1, 0.15) is 11.3 Å². The molecule has 8 heteroatoms. The molecule has 0 saturated carbocycles. The number of benzene rings is 1. The van der Waals surface area contributed by atoms with Gasteiger partial charge in [0.1, 0.15) is 0 Å². The number of rotatable bonds is 2. The van der Waals surface area contributed by atoms with Crippen LogP contribution in [0.2, 0.25) is 0 Å². The monoisotopic (exact) mass is 311 g/mol. The quantitative estimate of drug-likeness (QED) is 0.676. The van der Waals surface area contributed by atoms with Crippen LogP contribution in [-0.4, -0.2) is 19.9 Å². The summed E-state index contributed by atoms with van der Waals surface area (Å²) in [6.45, 7) is 3.42. The fourth-order valence-electron chi connectivity index (χ4n) is 1.58. The maximum atomic E-state index is 10.9. The Morgan fingerprint density at radius 3 is 2.61 bits per heavy atom. The predicted octanol–water partition coefficient (Wildman–Crippen LogP) is 2.14. The highest BCUT2D eigenvalue weighted by molar-refractivity contribution is 9.10. The van der Waals surface area contributed by atoms with Crippen molar-refractivity contribution in [3.8, 4) is 5.69 Å². The summed E-state index contributed by atoms with van der Waals surface area (Å²) in [6, 6.07) is 3.12. The van der Waals surface area contributed by atoms with E-state index in [0.717, 1.165) is 0 Å². The maximum absolute atomic E-state index is 10.9. The minimum absolute atomic E-state index is 0.0293. The Balaban J connectivity index is 2.68. The van der Waals surface area contributed by atoms with Crippen molar-refractivity contribution in [1.82, 2.24) is 15.0 Å². The van der Waals surface area contributed by atoms with Crippen LogP contribution >= 0.6 is 15.9 Å². The Labute approximate surface area is 111 Å². The van der Waals surface area contributed by atoms with Crippen molar-refractivity contribution in [1.29, 1.82) is 0 Å². The molecule has 0 aliphatic carbocycles. The molecule has 0 aliphatic rings. The van der Waals surface area contributed by atoms with Crippen molar-refractivity contribution in [2.24, 2.45) is 0 Å². The van der Waals surface area contributed by atoms with Crippen molar-refractivity contribution < 1.29 is 4.92 Å². The summed E-state index contributed by atoms with van der Waals surface area (Å²) in [5.41, 5.74) is 7.38. The Bertz CT molecular complexity index is 637. The predicted molar refractivity (Wildman–Crippen MR) is 69.6 cm³/mol. The van der Waals surface area contributed by atoms with Gasteiger partial charge in [0, 0.05) is 16.1 Å². The van der Waals surface area contributed by atoms with Crippen molar-refractivity contribution in [2.45, 2.75) is 13.8 Å². The molecule has 0 bridgehead atoms. The number of nitrogen functional groups attached to an aromatic ring is 1. The minimum atomic E-state index is -0.430. The van der Waals surface area contributed by atoms with Gasteiger partial charge in [-0.3, -0.25) is 10.1 Å². The van der Waals surface area contributed by atoms with Gasteiger partial charge in [-0.25, -0.2) is 4.68 Å². The van der Waals surface area contributed by atoms with Crippen molar-refractivity contribution >= 4 is 27.4 Å². The number of anilines is 1. The van der Waals surface area contributed by atoms with Gasteiger partial charge in [0.2, 0.25) is 0 Å². The third-order valence-corrected chi connectivity index (χ3v) is 3.26. The van der Waals surface area contributed by atoms with Crippen molar-refractivity contribution in [3.63, 3.8) is 0 Å². The lowest BCUT2D eigenvalue weighted by Crippen LogP contribution is -2.03. The number of aryl methyl sites for hydroxylation is 1. The van der Waals surface area contributed by atoms with E-state index in [1.165, 1.54) is 10.7 Å². The van der Waals surface area contributed by atoms with E-state index in [2.05, 4.69) is 26.2 Å². The van der Waals surface area contributed by atoms with Gasteiger partial charge in [-0.15, -0.1) is 5.10 Å². The first-order valence-electron chi connectivity index (χ1n) is 5.04. The number of hydrogen-bond acceptors (Lipinski definition) is 5. The Hall–Kier alpha value is -1.96. The lowest BCUT2D eigenvalue weighted by Gasteiger charge is -2.07. The minimum Gasteiger partial charge on any atom is -0.381 e. The summed E-state index contributed by atoms with van der Waals surface area (Å²) in [4.78, 5) is 10.5.